The summed E-state index contributed by atoms with van der Waals surface area (Å²) in [5.41, 5.74) is 13.4. The van der Waals surface area contributed by atoms with Crippen LogP contribution in [0, 0.1) is 0 Å². The van der Waals surface area contributed by atoms with Crippen molar-refractivity contribution in [2.24, 2.45) is 0 Å². The van der Waals surface area contributed by atoms with Crippen LogP contribution in [0.25, 0.3) is 122 Å². The van der Waals surface area contributed by atoms with E-state index in [0.29, 0.717) is 5.95 Å². The fourth-order valence-corrected chi connectivity index (χ4v) is 9.55. The van der Waals surface area contributed by atoms with Crippen LogP contribution in [0.2, 0.25) is 0 Å². The van der Waals surface area contributed by atoms with E-state index in [9.17, 15) is 0 Å². The summed E-state index contributed by atoms with van der Waals surface area (Å²) in [7, 11) is 0. The lowest BCUT2D eigenvalue weighted by molar-refractivity contribution is 0.669. The first-order valence-corrected chi connectivity index (χ1v) is 20.7. The van der Waals surface area contributed by atoms with Gasteiger partial charge in [0, 0.05) is 48.8 Å². The van der Waals surface area contributed by atoms with E-state index >= 15 is 0 Å². The third kappa shape index (κ3) is 5.14. The minimum Gasteiger partial charge on any atom is -0.456 e. The number of benzene rings is 9. The van der Waals surface area contributed by atoms with E-state index in [0.717, 1.165) is 105 Å². The second-order valence-corrected chi connectivity index (χ2v) is 15.8. The highest BCUT2D eigenvalue weighted by Crippen LogP contribution is 2.43. The molecule has 0 radical (unpaired) electrons. The van der Waals surface area contributed by atoms with Crippen molar-refractivity contribution in [1.82, 2.24) is 19.1 Å². The van der Waals surface area contributed by atoms with Gasteiger partial charge in [-0.1, -0.05) is 158 Å². The highest BCUT2D eigenvalue weighted by atomic mass is 16.3. The molecule has 5 heteroatoms. The predicted molar refractivity (Wildman–Crippen MR) is 252 cm³/mol. The van der Waals surface area contributed by atoms with Crippen LogP contribution in [-0.4, -0.2) is 19.1 Å². The van der Waals surface area contributed by atoms with E-state index in [4.69, 9.17) is 14.4 Å². The Labute approximate surface area is 350 Å². The monoisotopic (exact) mass is 778 g/mol. The van der Waals surface area contributed by atoms with Crippen LogP contribution in [0.15, 0.2) is 211 Å². The Hall–Kier alpha value is -8.28. The molecule has 0 amide bonds. The highest BCUT2D eigenvalue weighted by molar-refractivity contribution is 6.24. The Morgan fingerprint density at radius 1 is 0.328 bits per heavy atom. The maximum atomic E-state index is 6.17. The molecule has 0 spiro atoms. The molecule has 284 valence electrons. The topological polar surface area (TPSA) is 48.8 Å². The first-order chi connectivity index (χ1) is 30.2. The van der Waals surface area contributed by atoms with Crippen molar-refractivity contribution in [2.75, 3.05) is 0 Å². The maximum Gasteiger partial charge on any atom is 0.235 e. The lowest BCUT2D eigenvalue weighted by Crippen LogP contribution is -2.05. The summed E-state index contributed by atoms with van der Waals surface area (Å²) in [6.45, 7) is 0. The van der Waals surface area contributed by atoms with Crippen molar-refractivity contribution in [3.63, 3.8) is 0 Å². The molecule has 0 aliphatic heterocycles. The summed E-state index contributed by atoms with van der Waals surface area (Å²) in [6, 6.07) is 73.2. The third-order valence-corrected chi connectivity index (χ3v) is 12.3. The zero-order valence-electron chi connectivity index (χ0n) is 32.8. The second-order valence-electron chi connectivity index (χ2n) is 15.8. The summed E-state index contributed by atoms with van der Waals surface area (Å²) >= 11 is 0. The van der Waals surface area contributed by atoms with Gasteiger partial charge in [0.1, 0.15) is 11.2 Å². The van der Waals surface area contributed by atoms with Crippen LogP contribution >= 0.6 is 0 Å². The van der Waals surface area contributed by atoms with Crippen LogP contribution < -0.4 is 0 Å². The molecule has 0 atom stereocenters. The number of furan rings is 1. The van der Waals surface area contributed by atoms with Gasteiger partial charge in [-0.05, 0) is 65.0 Å². The van der Waals surface area contributed by atoms with Crippen LogP contribution in [0.1, 0.15) is 0 Å². The Bertz CT molecular complexity index is 3820. The fourth-order valence-electron chi connectivity index (χ4n) is 9.55. The molecule has 0 fully saturated rings. The van der Waals surface area contributed by atoms with Crippen LogP contribution in [-0.2, 0) is 0 Å². The highest BCUT2D eigenvalue weighted by Gasteiger charge is 2.24. The molecular weight excluding hydrogens is 745 g/mol. The number of rotatable bonds is 5. The molecule has 0 aliphatic carbocycles. The fraction of sp³-hybridized carbons (Fsp3) is 0. The van der Waals surface area contributed by atoms with Gasteiger partial charge in [0.25, 0.3) is 0 Å². The summed E-state index contributed by atoms with van der Waals surface area (Å²) in [5, 5.41) is 9.24. The van der Waals surface area contributed by atoms with Crippen molar-refractivity contribution in [1.29, 1.82) is 0 Å². The molecule has 4 heterocycles. The van der Waals surface area contributed by atoms with E-state index in [1.807, 2.05) is 24.3 Å². The minimum atomic E-state index is 0.626. The quantitative estimate of drug-likeness (QED) is 0.175. The largest absolute Gasteiger partial charge is 0.456 e. The normalized spacial score (nSPS) is 11.9. The predicted octanol–water partition coefficient (Wildman–Crippen LogP) is 14.7. The zero-order valence-corrected chi connectivity index (χ0v) is 32.8. The average Bonchev–Trinajstić information content (AvgIpc) is 3.99. The van der Waals surface area contributed by atoms with E-state index in [-0.39, 0.29) is 0 Å². The molecule has 0 N–H and O–H groups in total. The van der Waals surface area contributed by atoms with Crippen LogP contribution in [0.5, 0.6) is 0 Å². The number of nitrogens with zero attached hydrogens (tertiary/aromatic N) is 4. The van der Waals surface area contributed by atoms with E-state index in [2.05, 4.69) is 191 Å². The lowest BCUT2D eigenvalue weighted by atomic mass is 9.99. The second kappa shape index (κ2) is 13.1. The van der Waals surface area contributed by atoms with Crippen molar-refractivity contribution in [3.05, 3.63) is 206 Å². The van der Waals surface area contributed by atoms with Gasteiger partial charge in [0.15, 0.2) is 0 Å². The van der Waals surface area contributed by atoms with Crippen molar-refractivity contribution < 1.29 is 4.42 Å². The summed E-state index contributed by atoms with van der Waals surface area (Å²) < 4.78 is 10.9. The maximum absolute atomic E-state index is 6.17. The number of aromatic nitrogens is 4. The van der Waals surface area contributed by atoms with E-state index in [1.165, 1.54) is 10.8 Å². The standard InChI is InChI=1S/C56H34N4O/c1-3-14-35(15-4-1)47-34-48(36-16-5-2-6-17-36)58-56(57-47)60-51-23-11-8-20-42(51)45-30-29-44-41-19-7-10-22-50(41)59(54(44)55(45)60)49-24-13-18-39-32-37(26-28-40(39)49)38-27-31-53-46(33-38)43-21-9-12-25-52(43)61-53/h1-34H. The molecule has 5 nitrogen and oxygen atoms in total. The van der Waals surface area contributed by atoms with Crippen molar-refractivity contribution >= 4 is 76.3 Å². The van der Waals surface area contributed by atoms with E-state index in [1.54, 1.807) is 0 Å². The molecule has 4 aromatic heterocycles. The minimum absolute atomic E-state index is 0.626. The number of para-hydroxylation sites is 3. The SMILES string of the molecule is c1ccc(-c2cc(-c3ccccc3)nc(-n3c4ccccc4c4ccc5c6ccccc6n(-c6cccc7cc(-c8ccc9oc%10ccccc%10c9c8)ccc67)c5c43)n2)cc1. The molecule has 0 unspecified atom stereocenters. The molecule has 9 aromatic carbocycles. The summed E-state index contributed by atoms with van der Waals surface area (Å²) in [4.78, 5) is 10.8. The Kier molecular flexibility index (Phi) is 7.24. The Morgan fingerprint density at radius 2 is 0.869 bits per heavy atom. The van der Waals surface area contributed by atoms with Crippen LogP contribution in [0.4, 0.5) is 0 Å². The van der Waals surface area contributed by atoms with Gasteiger partial charge in [-0.2, -0.15) is 0 Å². The molecule has 0 saturated heterocycles. The number of hydrogen-bond donors (Lipinski definition) is 0. The van der Waals surface area contributed by atoms with Gasteiger partial charge >= 0.3 is 0 Å². The van der Waals surface area contributed by atoms with Crippen LogP contribution in [0.3, 0.4) is 0 Å². The molecular formula is C56H34N4O. The average molecular weight is 779 g/mol. The zero-order chi connectivity index (χ0) is 40.0. The third-order valence-electron chi connectivity index (χ3n) is 12.3. The first kappa shape index (κ1) is 33.7. The van der Waals surface area contributed by atoms with Gasteiger partial charge in [-0.25, -0.2) is 9.97 Å². The lowest BCUT2D eigenvalue weighted by Gasteiger charge is -2.15. The Morgan fingerprint density at radius 3 is 1.57 bits per heavy atom. The summed E-state index contributed by atoms with van der Waals surface area (Å²) in [5.74, 6) is 0.626. The molecule has 0 saturated carbocycles. The molecule has 61 heavy (non-hydrogen) atoms. The van der Waals surface area contributed by atoms with Crippen molar-refractivity contribution in [3.8, 4) is 45.3 Å². The van der Waals surface area contributed by atoms with Gasteiger partial charge in [-0.15, -0.1) is 0 Å². The number of hydrogen-bond acceptors (Lipinski definition) is 3. The van der Waals surface area contributed by atoms with Gasteiger partial charge in [0.05, 0.1) is 39.1 Å². The number of fused-ring (bicyclic) bond motifs is 11. The summed E-state index contributed by atoms with van der Waals surface area (Å²) in [6.07, 6.45) is 0. The first-order valence-electron chi connectivity index (χ1n) is 20.7. The van der Waals surface area contributed by atoms with Gasteiger partial charge < -0.3 is 8.98 Å². The Balaban J connectivity index is 1.09. The molecule has 0 aliphatic rings. The smallest absolute Gasteiger partial charge is 0.235 e. The van der Waals surface area contributed by atoms with E-state index < -0.39 is 0 Å². The molecule has 0 bridgehead atoms. The molecule has 13 rings (SSSR count). The molecule has 13 aromatic rings. The van der Waals surface area contributed by atoms with Gasteiger partial charge in [-0.3, -0.25) is 4.57 Å². The van der Waals surface area contributed by atoms with Crippen molar-refractivity contribution in [2.45, 2.75) is 0 Å². The van der Waals surface area contributed by atoms with Gasteiger partial charge in [0.2, 0.25) is 5.95 Å².